The van der Waals surface area contributed by atoms with E-state index in [1.54, 1.807) is 48.5 Å². The van der Waals surface area contributed by atoms with Gasteiger partial charge in [-0.3, -0.25) is 4.79 Å². The fourth-order valence-corrected chi connectivity index (χ4v) is 2.56. The van der Waals surface area contributed by atoms with Gasteiger partial charge in [-0.2, -0.15) is 0 Å². The van der Waals surface area contributed by atoms with Gasteiger partial charge in [0, 0.05) is 22.3 Å². The zero-order chi connectivity index (χ0) is 12.0. The van der Waals surface area contributed by atoms with Crippen molar-refractivity contribution in [1.82, 2.24) is 0 Å². The Morgan fingerprint density at radius 2 is 1.29 bits per heavy atom. The van der Waals surface area contributed by atoms with Crippen molar-refractivity contribution >= 4 is 17.4 Å². The molecule has 2 aromatic rings. The minimum Gasteiger partial charge on any atom is -0.367 e. The second kappa shape index (κ2) is 3.42. The normalized spacial score (nSPS) is 16.2. The third-order valence-electron chi connectivity index (χ3n) is 3.06. The summed E-state index contributed by atoms with van der Waals surface area (Å²) in [4.78, 5) is 12.2. The van der Waals surface area contributed by atoms with Gasteiger partial charge in [0.15, 0.2) is 10.8 Å². The van der Waals surface area contributed by atoms with E-state index in [-0.39, 0.29) is 5.78 Å². The highest BCUT2D eigenvalue weighted by Crippen LogP contribution is 2.42. The van der Waals surface area contributed by atoms with Crippen LogP contribution in [0.2, 0.25) is 0 Å². The van der Waals surface area contributed by atoms with Crippen LogP contribution >= 0.6 is 11.6 Å². The van der Waals surface area contributed by atoms with Gasteiger partial charge in [0.1, 0.15) is 0 Å². The number of hydrogen-bond acceptors (Lipinski definition) is 2. The summed E-state index contributed by atoms with van der Waals surface area (Å²) in [5.74, 6) is -0.0958. The van der Waals surface area contributed by atoms with E-state index >= 15 is 0 Å². The van der Waals surface area contributed by atoms with E-state index in [1.807, 2.05) is 0 Å². The lowest BCUT2D eigenvalue weighted by molar-refractivity contribution is 0.100. The number of carbonyl (C=O) groups is 1. The second-order valence-corrected chi connectivity index (χ2v) is 4.59. The van der Waals surface area contributed by atoms with Gasteiger partial charge in [-0.25, -0.2) is 0 Å². The molecule has 0 saturated carbocycles. The topological polar surface area (TPSA) is 37.3 Å². The standard InChI is InChI=1S/C14H9ClO2/c15-14(17)11-7-3-1-5-9(11)13(16)10-6-2-4-8-12(10)14/h1-8,17H. The zero-order valence-electron chi connectivity index (χ0n) is 8.85. The molecule has 0 aliphatic heterocycles. The number of aliphatic hydroxyl groups is 1. The molecule has 1 N–H and O–H groups in total. The molecule has 3 heteroatoms. The first-order valence-electron chi connectivity index (χ1n) is 5.27. The predicted molar refractivity (Wildman–Crippen MR) is 65.2 cm³/mol. The van der Waals surface area contributed by atoms with Crippen LogP contribution in [0.4, 0.5) is 0 Å². The van der Waals surface area contributed by atoms with Crippen LogP contribution in [-0.4, -0.2) is 10.9 Å². The predicted octanol–water partition coefficient (Wildman–Crippen LogP) is 2.66. The Labute approximate surface area is 103 Å². The summed E-state index contributed by atoms with van der Waals surface area (Å²) in [5, 5.41) is 8.79. The molecular formula is C14H9ClO2. The average molecular weight is 245 g/mol. The third-order valence-corrected chi connectivity index (χ3v) is 3.46. The molecule has 0 heterocycles. The van der Waals surface area contributed by atoms with Crippen LogP contribution in [-0.2, 0) is 5.06 Å². The number of benzene rings is 2. The van der Waals surface area contributed by atoms with Gasteiger partial charge in [0.05, 0.1) is 0 Å². The van der Waals surface area contributed by atoms with Crippen molar-refractivity contribution in [2.24, 2.45) is 0 Å². The van der Waals surface area contributed by atoms with Gasteiger partial charge in [-0.1, -0.05) is 60.1 Å². The maximum atomic E-state index is 12.2. The highest BCUT2D eigenvalue weighted by Gasteiger charge is 2.40. The van der Waals surface area contributed by atoms with Crippen molar-refractivity contribution in [2.45, 2.75) is 5.06 Å². The maximum Gasteiger partial charge on any atom is 0.193 e. The largest absolute Gasteiger partial charge is 0.367 e. The molecule has 0 bridgehead atoms. The van der Waals surface area contributed by atoms with E-state index in [0.29, 0.717) is 22.3 Å². The van der Waals surface area contributed by atoms with E-state index in [9.17, 15) is 9.90 Å². The van der Waals surface area contributed by atoms with Crippen molar-refractivity contribution in [3.05, 3.63) is 70.8 Å². The number of carbonyl (C=O) groups excluding carboxylic acids is 1. The minimum absolute atomic E-state index is 0.0958. The molecule has 17 heavy (non-hydrogen) atoms. The summed E-state index contributed by atoms with van der Waals surface area (Å²) in [6.45, 7) is 0. The molecule has 1 aliphatic rings. The molecule has 1 aliphatic carbocycles. The van der Waals surface area contributed by atoms with Gasteiger partial charge < -0.3 is 5.11 Å². The van der Waals surface area contributed by atoms with Crippen LogP contribution < -0.4 is 0 Å². The molecule has 2 nitrogen and oxygen atoms in total. The van der Waals surface area contributed by atoms with Crippen molar-refractivity contribution < 1.29 is 9.90 Å². The van der Waals surface area contributed by atoms with E-state index in [1.165, 1.54) is 0 Å². The van der Waals surface area contributed by atoms with E-state index in [4.69, 9.17) is 11.6 Å². The molecule has 0 spiro atoms. The van der Waals surface area contributed by atoms with Crippen molar-refractivity contribution in [2.75, 3.05) is 0 Å². The highest BCUT2D eigenvalue weighted by atomic mass is 35.5. The lowest BCUT2D eigenvalue weighted by atomic mass is 9.83. The van der Waals surface area contributed by atoms with Crippen LogP contribution in [0.25, 0.3) is 0 Å². The fourth-order valence-electron chi connectivity index (χ4n) is 2.23. The molecule has 0 aromatic heterocycles. The van der Waals surface area contributed by atoms with Gasteiger partial charge in [-0.15, -0.1) is 0 Å². The van der Waals surface area contributed by atoms with Crippen molar-refractivity contribution in [1.29, 1.82) is 0 Å². The third kappa shape index (κ3) is 1.35. The van der Waals surface area contributed by atoms with Crippen molar-refractivity contribution in [3.63, 3.8) is 0 Å². The summed E-state index contributed by atoms with van der Waals surface area (Å²) in [6.07, 6.45) is 0. The smallest absolute Gasteiger partial charge is 0.193 e. The first kappa shape index (κ1) is 10.5. The minimum atomic E-state index is -1.62. The first-order valence-corrected chi connectivity index (χ1v) is 5.65. The molecule has 0 amide bonds. The van der Waals surface area contributed by atoms with Crippen molar-refractivity contribution in [3.8, 4) is 0 Å². The van der Waals surface area contributed by atoms with Gasteiger partial charge in [0.25, 0.3) is 0 Å². The summed E-state index contributed by atoms with van der Waals surface area (Å²) in [6, 6.07) is 13.8. The second-order valence-electron chi connectivity index (χ2n) is 4.04. The van der Waals surface area contributed by atoms with Gasteiger partial charge in [0.2, 0.25) is 0 Å². The molecule has 2 aromatic carbocycles. The van der Waals surface area contributed by atoms with E-state index in [0.717, 1.165) is 0 Å². The Morgan fingerprint density at radius 1 is 0.882 bits per heavy atom. The lowest BCUT2D eigenvalue weighted by Gasteiger charge is -2.30. The average Bonchev–Trinajstić information content (AvgIpc) is 2.37. The Balaban J connectivity index is 2.38. The molecule has 84 valence electrons. The highest BCUT2D eigenvalue weighted by molar-refractivity contribution is 6.28. The van der Waals surface area contributed by atoms with Crippen LogP contribution in [0.1, 0.15) is 27.0 Å². The van der Waals surface area contributed by atoms with Crippen LogP contribution in [0, 0.1) is 0 Å². The number of alkyl halides is 1. The zero-order valence-corrected chi connectivity index (χ0v) is 9.61. The number of rotatable bonds is 0. The van der Waals surface area contributed by atoms with E-state index in [2.05, 4.69) is 0 Å². The number of ketones is 1. The lowest BCUT2D eigenvalue weighted by Crippen LogP contribution is -2.30. The quantitative estimate of drug-likeness (QED) is 0.724. The molecular weight excluding hydrogens is 236 g/mol. The molecule has 0 fully saturated rings. The van der Waals surface area contributed by atoms with Gasteiger partial charge >= 0.3 is 0 Å². The van der Waals surface area contributed by atoms with E-state index < -0.39 is 5.06 Å². The summed E-state index contributed by atoms with van der Waals surface area (Å²) in [5.41, 5.74) is 1.82. The Kier molecular flexibility index (Phi) is 2.12. The van der Waals surface area contributed by atoms with Crippen LogP contribution in [0.15, 0.2) is 48.5 Å². The fraction of sp³-hybridized carbons (Fsp3) is 0.0714. The summed E-state index contributed by atoms with van der Waals surface area (Å²) in [7, 11) is 0. The Hall–Kier alpha value is -1.64. The molecule has 0 atom stereocenters. The maximum absolute atomic E-state index is 12.2. The molecule has 0 saturated heterocycles. The monoisotopic (exact) mass is 244 g/mol. The molecule has 0 unspecified atom stereocenters. The number of fused-ring (bicyclic) bond motifs is 2. The molecule has 0 radical (unpaired) electrons. The SMILES string of the molecule is O=C1c2ccccc2C(O)(Cl)c2ccccc21. The Morgan fingerprint density at radius 3 is 1.76 bits per heavy atom. The number of hydrogen-bond donors (Lipinski definition) is 1. The summed E-state index contributed by atoms with van der Waals surface area (Å²) >= 11 is 6.20. The summed E-state index contributed by atoms with van der Waals surface area (Å²) < 4.78 is 0. The number of halogens is 1. The van der Waals surface area contributed by atoms with Gasteiger partial charge in [-0.05, 0) is 0 Å². The molecule has 3 rings (SSSR count). The first-order chi connectivity index (χ1) is 8.12. The van der Waals surface area contributed by atoms with Crippen LogP contribution in [0.3, 0.4) is 0 Å². The van der Waals surface area contributed by atoms with Crippen LogP contribution in [0.5, 0.6) is 0 Å². The Bertz CT molecular complexity index is 566.